The van der Waals surface area contributed by atoms with E-state index < -0.39 is 0 Å². The van der Waals surface area contributed by atoms with Gasteiger partial charge in [-0.15, -0.1) is 0 Å². The van der Waals surface area contributed by atoms with Crippen LogP contribution < -0.4 is 10.5 Å². The molecule has 1 aliphatic rings. The molecule has 4 aromatic rings. The van der Waals surface area contributed by atoms with Crippen LogP contribution in [0, 0.1) is 0 Å². The van der Waals surface area contributed by atoms with Crippen molar-refractivity contribution in [3.8, 4) is 17.0 Å². The summed E-state index contributed by atoms with van der Waals surface area (Å²) in [5, 5.41) is 0. The molecule has 1 atom stereocenters. The first-order valence-corrected chi connectivity index (χ1v) is 11.0. The summed E-state index contributed by atoms with van der Waals surface area (Å²) in [6.07, 6.45) is 4.94. The fraction of sp³-hybridized carbons (Fsp3) is 0.280. The summed E-state index contributed by atoms with van der Waals surface area (Å²) in [5.74, 6) is 2.27. The molecule has 1 unspecified atom stereocenters. The molecule has 5 rings (SSSR count). The highest BCUT2D eigenvalue weighted by Gasteiger charge is 2.25. The number of fused-ring (bicyclic) bond motifs is 2. The number of nitrogens with two attached hydrogens (primary N) is 1. The van der Waals surface area contributed by atoms with Crippen molar-refractivity contribution in [1.82, 2.24) is 19.9 Å². The number of aromatic amines is 1. The van der Waals surface area contributed by atoms with E-state index in [2.05, 4.69) is 21.9 Å². The largest absolute Gasteiger partial charge is 0.493 e. The zero-order valence-electron chi connectivity index (χ0n) is 18.0. The van der Waals surface area contributed by atoms with Crippen molar-refractivity contribution < 1.29 is 9.53 Å². The van der Waals surface area contributed by atoms with Crippen LogP contribution in [-0.4, -0.2) is 32.3 Å². The second-order valence-electron chi connectivity index (χ2n) is 8.22. The van der Waals surface area contributed by atoms with Crippen LogP contribution in [0.3, 0.4) is 0 Å². The van der Waals surface area contributed by atoms with E-state index in [1.54, 1.807) is 6.20 Å². The van der Waals surface area contributed by atoms with Crippen molar-refractivity contribution in [2.75, 3.05) is 12.3 Å². The number of rotatable bonds is 6. The van der Waals surface area contributed by atoms with Crippen LogP contribution >= 0.6 is 0 Å². The maximum Gasteiger partial charge on any atom is 0.220 e. The Morgan fingerprint density at radius 3 is 2.94 bits per heavy atom. The molecule has 3 heterocycles. The highest BCUT2D eigenvalue weighted by atomic mass is 16.5. The molecule has 1 aliphatic heterocycles. The van der Waals surface area contributed by atoms with Gasteiger partial charge in [-0.3, -0.25) is 4.79 Å². The van der Waals surface area contributed by atoms with E-state index in [9.17, 15) is 4.79 Å². The minimum atomic E-state index is 0.0917. The van der Waals surface area contributed by atoms with E-state index in [1.165, 1.54) is 0 Å². The number of benzene rings is 2. The van der Waals surface area contributed by atoms with Crippen molar-refractivity contribution in [2.45, 2.75) is 38.5 Å². The van der Waals surface area contributed by atoms with Crippen molar-refractivity contribution in [1.29, 1.82) is 0 Å². The molecule has 0 bridgehead atoms. The third-order valence-corrected chi connectivity index (χ3v) is 5.90. The van der Waals surface area contributed by atoms with E-state index in [-0.39, 0.29) is 17.6 Å². The molecule has 0 spiro atoms. The predicted molar refractivity (Wildman–Crippen MR) is 124 cm³/mol. The van der Waals surface area contributed by atoms with Gasteiger partial charge in [-0.25, -0.2) is 15.0 Å². The molecular formula is C25H25N5O2. The zero-order chi connectivity index (χ0) is 22.1. The molecule has 2 aromatic carbocycles. The maximum atomic E-state index is 12.5. The molecule has 7 heteroatoms. The van der Waals surface area contributed by atoms with Crippen LogP contribution in [-0.2, 0) is 6.42 Å². The average molecular weight is 428 g/mol. The first kappa shape index (κ1) is 20.2. The Kier molecular flexibility index (Phi) is 5.31. The lowest BCUT2D eigenvalue weighted by atomic mass is 9.93. The molecule has 0 aliphatic carbocycles. The number of nitrogen functional groups attached to an aromatic ring is 1. The van der Waals surface area contributed by atoms with E-state index >= 15 is 0 Å². The first-order chi connectivity index (χ1) is 15.6. The molecule has 0 amide bonds. The van der Waals surface area contributed by atoms with Gasteiger partial charge in [-0.05, 0) is 54.8 Å². The molecule has 162 valence electrons. The number of hydrogen-bond acceptors (Lipinski definition) is 6. The van der Waals surface area contributed by atoms with Crippen molar-refractivity contribution in [3.05, 3.63) is 65.6 Å². The van der Waals surface area contributed by atoms with Crippen LogP contribution in [0.2, 0.25) is 0 Å². The number of ether oxygens (including phenoxy) is 1. The number of hydrogen-bond donors (Lipinski definition) is 2. The number of nitrogens with one attached hydrogen (secondary N) is 1. The molecule has 0 saturated carbocycles. The number of imidazole rings is 1. The summed E-state index contributed by atoms with van der Waals surface area (Å²) in [4.78, 5) is 29.0. The number of nitrogens with zero attached hydrogens (tertiary/aromatic N) is 3. The van der Waals surface area contributed by atoms with Gasteiger partial charge in [-0.2, -0.15) is 0 Å². The number of H-pyrrole nitrogens is 1. The second-order valence-corrected chi connectivity index (χ2v) is 8.22. The number of Topliss-reactive ketones (excluding diaryl/α,β-unsaturated/α-hetero) is 1. The van der Waals surface area contributed by atoms with Gasteiger partial charge >= 0.3 is 0 Å². The topological polar surface area (TPSA) is 107 Å². The highest BCUT2D eigenvalue weighted by molar-refractivity contribution is 5.96. The number of ketones is 1. The molecule has 0 fully saturated rings. The Balaban J connectivity index is 1.40. The Labute approximate surface area is 186 Å². The molecule has 3 N–H and O–H groups in total. The quantitative estimate of drug-likeness (QED) is 0.432. The van der Waals surface area contributed by atoms with Crippen molar-refractivity contribution in [2.24, 2.45) is 0 Å². The summed E-state index contributed by atoms with van der Waals surface area (Å²) in [7, 11) is 0. The van der Waals surface area contributed by atoms with Crippen LogP contribution in [0.1, 0.15) is 53.8 Å². The smallest absolute Gasteiger partial charge is 0.220 e. The maximum absolute atomic E-state index is 12.5. The Morgan fingerprint density at radius 1 is 1.19 bits per heavy atom. The number of anilines is 1. The van der Waals surface area contributed by atoms with Gasteiger partial charge in [0.2, 0.25) is 5.95 Å². The van der Waals surface area contributed by atoms with Gasteiger partial charge in [0.15, 0.2) is 5.78 Å². The number of unbranched alkanes of at least 4 members (excludes halogenated alkanes) is 1. The van der Waals surface area contributed by atoms with Crippen LogP contribution in [0.25, 0.3) is 22.3 Å². The molecule has 0 saturated heterocycles. The Bertz CT molecular complexity index is 1300. The predicted octanol–water partition coefficient (Wildman–Crippen LogP) is 4.69. The lowest BCUT2D eigenvalue weighted by molar-refractivity contribution is 0.0979. The lowest BCUT2D eigenvalue weighted by Gasteiger charge is -2.24. The Hall–Kier alpha value is -3.74. The van der Waals surface area contributed by atoms with E-state index in [1.807, 2.05) is 42.5 Å². The standard InChI is InChI=1S/C25H25N5O2/c1-2-3-4-22(31)16-6-8-23-17(11-16)12-18(14-32-23)24-28-20-7-5-15(13-21(20)29-24)19-9-10-27-25(26)30-19/h5-11,13,18H,2-4,12,14H2,1H3,(H,28,29)(H2,26,27,30). The SMILES string of the molecule is CCCCC(=O)c1ccc2c(c1)CC(c1nc3cc(-c4ccnc(N)n4)ccc3[nH]1)CO2. The van der Waals surface area contributed by atoms with Gasteiger partial charge in [0.25, 0.3) is 0 Å². The van der Waals surface area contributed by atoms with Crippen LogP contribution in [0.5, 0.6) is 5.75 Å². The third kappa shape index (κ3) is 3.93. The minimum Gasteiger partial charge on any atom is -0.493 e. The molecule has 32 heavy (non-hydrogen) atoms. The fourth-order valence-electron chi connectivity index (χ4n) is 4.14. The van der Waals surface area contributed by atoms with Gasteiger partial charge in [0.05, 0.1) is 29.3 Å². The first-order valence-electron chi connectivity index (χ1n) is 11.0. The summed E-state index contributed by atoms with van der Waals surface area (Å²) < 4.78 is 6.01. The number of aromatic nitrogens is 4. The highest BCUT2D eigenvalue weighted by Crippen LogP contribution is 2.33. The summed E-state index contributed by atoms with van der Waals surface area (Å²) in [5.41, 5.74) is 11.1. The van der Waals surface area contributed by atoms with E-state index in [0.717, 1.165) is 64.3 Å². The van der Waals surface area contributed by atoms with E-state index in [0.29, 0.717) is 13.0 Å². The lowest BCUT2D eigenvalue weighted by Crippen LogP contribution is -2.20. The molecule has 0 radical (unpaired) electrons. The molecule has 7 nitrogen and oxygen atoms in total. The molecule has 2 aromatic heterocycles. The van der Waals surface area contributed by atoms with Gasteiger partial charge in [0.1, 0.15) is 11.6 Å². The summed E-state index contributed by atoms with van der Waals surface area (Å²) in [6, 6.07) is 13.6. The monoisotopic (exact) mass is 427 g/mol. The summed E-state index contributed by atoms with van der Waals surface area (Å²) >= 11 is 0. The van der Waals surface area contributed by atoms with Crippen LogP contribution in [0.15, 0.2) is 48.7 Å². The number of carbonyl (C=O) groups is 1. The molecular weight excluding hydrogens is 402 g/mol. The fourth-order valence-corrected chi connectivity index (χ4v) is 4.14. The van der Waals surface area contributed by atoms with Crippen LogP contribution in [0.4, 0.5) is 5.95 Å². The average Bonchev–Trinajstić information content (AvgIpc) is 3.25. The third-order valence-electron chi connectivity index (χ3n) is 5.90. The second kappa shape index (κ2) is 8.42. The van der Waals surface area contributed by atoms with Gasteiger partial charge < -0.3 is 15.5 Å². The number of carbonyl (C=O) groups excluding carboxylic acids is 1. The normalized spacial score (nSPS) is 15.3. The van der Waals surface area contributed by atoms with Crippen molar-refractivity contribution in [3.63, 3.8) is 0 Å². The Morgan fingerprint density at radius 2 is 2.09 bits per heavy atom. The zero-order valence-corrected chi connectivity index (χ0v) is 18.0. The minimum absolute atomic E-state index is 0.0917. The van der Waals surface area contributed by atoms with Gasteiger partial charge in [0, 0.05) is 23.7 Å². The summed E-state index contributed by atoms with van der Waals surface area (Å²) in [6.45, 7) is 2.64. The van der Waals surface area contributed by atoms with E-state index in [4.69, 9.17) is 15.5 Å². The van der Waals surface area contributed by atoms with Gasteiger partial charge in [-0.1, -0.05) is 19.4 Å². The van der Waals surface area contributed by atoms with Crippen molar-refractivity contribution >= 4 is 22.8 Å².